The minimum atomic E-state index is -4.06. The van der Waals surface area contributed by atoms with Crippen LogP contribution in [-0.4, -0.2) is 63.9 Å². The fourth-order valence-corrected chi connectivity index (χ4v) is 6.19. The normalized spacial score (nSPS) is 15.5. The summed E-state index contributed by atoms with van der Waals surface area (Å²) in [5.41, 5.74) is -0.320. The fourth-order valence-electron chi connectivity index (χ4n) is 3.52. The average Bonchev–Trinajstić information content (AvgIpc) is 2.83. The number of aliphatic hydroxyl groups is 2. The molecule has 2 atom stereocenters. The Labute approximate surface area is 198 Å². The highest BCUT2D eigenvalue weighted by Crippen LogP contribution is 2.30. The van der Waals surface area contributed by atoms with Gasteiger partial charge in [0, 0.05) is 34.3 Å². The van der Waals surface area contributed by atoms with Crippen molar-refractivity contribution in [1.82, 2.24) is 9.44 Å². The third kappa shape index (κ3) is 4.97. The lowest BCUT2D eigenvalue weighted by atomic mass is 9.84. The molecule has 0 amide bonds. The van der Waals surface area contributed by atoms with Crippen molar-refractivity contribution in [3.05, 3.63) is 58.7 Å². The molecule has 12 heteroatoms. The van der Waals surface area contributed by atoms with Crippen LogP contribution < -0.4 is 9.44 Å². The van der Waals surface area contributed by atoms with Crippen LogP contribution in [0.2, 0.25) is 0 Å². The zero-order valence-corrected chi connectivity index (χ0v) is 20.2. The van der Waals surface area contributed by atoms with E-state index in [2.05, 4.69) is 9.44 Å². The van der Waals surface area contributed by atoms with Gasteiger partial charge in [0.2, 0.25) is 20.0 Å². The largest absolute Gasteiger partial charge is 0.395 e. The Kier molecular flexibility index (Phi) is 7.70. The molecule has 3 rings (SSSR count). The number of nitrogens with one attached hydrogen (secondary N) is 2. The second-order valence-corrected chi connectivity index (χ2v) is 11.3. The average molecular weight is 511 g/mol. The summed E-state index contributed by atoms with van der Waals surface area (Å²) in [4.78, 5) is 25.7. The Morgan fingerprint density at radius 2 is 1.03 bits per heavy atom. The second-order valence-electron chi connectivity index (χ2n) is 7.89. The van der Waals surface area contributed by atoms with Crippen LogP contribution in [0, 0.1) is 0 Å². The van der Waals surface area contributed by atoms with E-state index in [-0.39, 0.29) is 32.0 Å². The number of sulfonamides is 2. The van der Waals surface area contributed by atoms with Crippen molar-refractivity contribution >= 4 is 31.6 Å². The van der Waals surface area contributed by atoms with Gasteiger partial charge in [-0.15, -0.1) is 0 Å². The molecule has 2 unspecified atom stereocenters. The molecule has 184 valence electrons. The number of hydrogen-bond acceptors (Lipinski definition) is 8. The minimum Gasteiger partial charge on any atom is -0.395 e. The number of benzene rings is 2. The molecule has 1 aliphatic carbocycles. The molecule has 0 saturated carbocycles. The monoisotopic (exact) mass is 510 g/mol. The molecule has 4 N–H and O–H groups in total. The summed E-state index contributed by atoms with van der Waals surface area (Å²) in [5, 5.41) is 18.6. The number of ketones is 2. The van der Waals surface area contributed by atoms with Gasteiger partial charge in [-0.25, -0.2) is 26.3 Å². The lowest BCUT2D eigenvalue weighted by Gasteiger charge is -2.20. The maximum absolute atomic E-state index is 13.1. The summed E-state index contributed by atoms with van der Waals surface area (Å²) in [7, 11) is -8.12. The molecule has 2 aromatic carbocycles. The highest BCUT2D eigenvalue weighted by molar-refractivity contribution is 7.89. The minimum absolute atomic E-state index is 0.0463. The van der Waals surface area contributed by atoms with Crippen LogP contribution in [0.4, 0.5) is 0 Å². The molecule has 0 radical (unpaired) electrons. The van der Waals surface area contributed by atoms with Gasteiger partial charge in [-0.05, 0) is 49.2 Å². The molecule has 0 aromatic heterocycles. The van der Waals surface area contributed by atoms with E-state index >= 15 is 0 Å². The number of carbonyl (C=O) groups excluding carboxylic acids is 2. The van der Waals surface area contributed by atoms with Crippen molar-refractivity contribution in [3.8, 4) is 0 Å². The number of hydrogen-bond donors (Lipinski definition) is 4. The zero-order chi connectivity index (χ0) is 25.3. The van der Waals surface area contributed by atoms with Crippen LogP contribution in [-0.2, 0) is 20.0 Å². The van der Waals surface area contributed by atoms with Crippen molar-refractivity contribution < 1.29 is 36.6 Å². The first-order valence-corrected chi connectivity index (χ1v) is 13.6. The number of aliphatic hydroxyl groups excluding tert-OH is 2. The molecule has 0 aliphatic heterocycles. The molecule has 1 aliphatic rings. The van der Waals surface area contributed by atoms with Gasteiger partial charge >= 0.3 is 0 Å². The Morgan fingerprint density at radius 1 is 0.676 bits per heavy atom. The first-order chi connectivity index (χ1) is 16.0. The molecule has 2 aromatic rings. The lowest BCUT2D eigenvalue weighted by Crippen LogP contribution is -2.37. The quantitative estimate of drug-likeness (QED) is 0.307. The van der Waals surface area contributed by atoms with Crippen LogP contribution in [0.1, 0.15) is 58.5 Å². The van der Waals surface area contributed by atoms with Gasteiger partial charge in [0.15, 0.2) is 11.6 Å². The van der Waals surface area contributed by atoms with Gasteiger partial charge in [-0.2, -0.15) is 0 Å². The van der Waals surface area contributed by atoms with Crippen LogP contribution in [0.5, 0.6) is 0 Å². The van der Waals surface area contributed by atoms with E-state index in [9.17, 15) is 36.6 Å². The fraction of sp³-hybridized carbons (Fsp3) is 0.364. The van der Waals surface area contributed by atoms with Crippen molar-refractivity contribution in [1.29, 1.82) is 0 Å². The Balaban J connectivity index is 2.01. The topological polar surface area (TPSA) is 167 Å². The van der Waals surface area contributed by atoms with Gasteiger partial charge in [0.1, 0.15) is 0 Å². The number of fused-ring (bicyclic) bond motifs is 2. The van der Waals surface area contributed by atoms with Crippen LogP contribution in [0.25, 0.3) is 0 Å². The molecule has 0 bridgehead atoms. The third-order valence-corrected chi connectivity index (χ3v) is 8.69. The van der Waals surface area contributed by atoms with Gasteiger partial charge in [0.25, 0.3) is 0 Å². The zero-order valence-electron chi connectivity index (χ0n) is 18.6. The first kappa shape index (κ1) is 26.1. The Hall–Kier alpha value is -2.48. The van der Waals surface area contributed by atoms with Gasteiger partial charge in [0.05, 0.1) is 23.0 Å². The summed E-state index contributed by atoms with van der Waals surface area (Å²) in [5.74, 6) is -1.23. The maximum Gasteiger partial charge on any atom is 0.240 e. The van der Waals surface area contributed by atoms with Crippen molar-refractivity contribution in [3.63, 3.8) is 0 Å². The predicted molar refractivity (Wildman–Crippen MR) is 123 cm³/mol. The molecule has 0 heterocycles. The highest BCUT2D eigenvalue weighted by Gasteiger charge is 2.33. The van der Waals surface area contributed by atoms with Gasteiger partial charge in [-0.3, -0.25) is 9.59 Å². The summed E-state index contributed by atoms with van der Waals surface area (Å²) in [6.45, 7) is 2.60. The standard InChI is InChI=1S/C22H26N2O8S2/c1-3-13(11-25)23-33(29,30)15-5-7-17-19(9-15)21(27)18-8-6-16(10-20(18)22(17)28)34(31,32)24-14(4-2)12-26/h5-10,13-14,23-26H,3-4,11-12H2,1-2H3. The van der Waals surface area contributed by atoms with Gasteiger partial charge < -0.3 is 10.2 Å². The Morgan fingerprint density at radius 3 is 1.32 bits per heavy atom. The summed E-state index contributed by atoms with van der Waals surface area (Å²) >= 11 is 0. The summed E-state index contributed by atoms with van der Waals surface area (Å²) < 4.78 is 55.3. The van der Waals surface area contributed by atoms with E-state index in [0.717, 1.165) is 12.1 Å². The van der Waals surface area contributed by atoms with Crippen LogP contribution in [0.3, 0.4) is 0 Å². The highest BCUT2D eigenvalue weighted by atomic mass is 32.2. The van der Waals surface area contributed by atoms with Crippen molar-refractivity contribution in [2.24, 2.45) is 0 Å². The van der Waals surface area contributed by atoms with E-state index in [1.807, 2.05) is 0 Å². The second kappa shape index (κ2) is 10.0. The lowest BCUT2D eigenvalue weighted by molar-refractivity contribution is 0.0978. The van der Waals surface area contributed by atoms with E-state index < -0.39 is 56.9 Å². The third-order valence-electron chi connectivity index (χ3n) is 5.65. The number of carbonyl (C=O) groups is 2. The molecular formula is C22H26N2O8S2. The SMILES string of the molecule is CCC(CO)NS(=O)(=O)c1ccc2c(c1)C(=O)c1ccc(S(=O)(=O)NC(CC)CO)cc1C2=O. The maximum atomic E-state index is 13.1. The van der Waals surface area contributed by atoms with E-state index in [1.165, 1.54) is 24.3 Å². The Bertz CT molecular complexity index is 1230. The smallest absolute Gasteiger partial charge is 0.240 e. The first-order valence-electron chi connectivity index (χ1n) is 10.6. The van der Waals surface area contributed by atoms with E-state index in [0.29, 0.717) is 12.8 Å². The van der Waals surface area contributed by atoms with Gasteiger partial charge in [-0.1, -0.05) is 13.8 Å². The molecular weight excluding hydrogens is 484 g/mol. The molecule has 0 saturated heterocycles. The van der Waals surface area contributed by atoms with Crippen molar-refractivity contribution in [2.75, 3.05) is 13.2 Å². The number of rotatable bonds is 10. The molecule has 34 heavy (non-hydrogen) atoms. The van der Waals surface area contributed by atoms with Crippen LogP contribution >= 0.6 is 0 Å². The predicted octanol–water partition coefficient (Wildman–Crippen LogP) is 0.560. The van der Waals surface area contributed by atoms with E-state index in [4.69, 9.17) is 0 Å². The summed E-state index contributed by atoms with van der Waals surface area (Å²) in [6.07, 6.45) is 0.700. The summed E-state index contributed by atoms with van der Waals surface area (Å²) in [6, 6.07) is 5.58. The van der Waals surface area contributed by atoms with Crippen molar-refractivity contribution in [2.45, 2.75) is 48.6 Å². The molecule has 0 spiro atoms. The molecule has 0 fully saturated rings. The van der Waals surface area contributed by atoms with Crippen LogP contribution in [0.15, 0.2) is 46.2 Å². The van der Waals surface area contributed by atoms with E-state index in [1.54, 1.807) is 13.8 Å². The molecule has 10 nitrogen and oxygen atoms in total.